The van der Waals surface area contributed by atoms with Crippen LogP contribution in [0.15, 0.2) is 60.7 Å². The number of carbonyl (C=O) groups is 2. The Bertz CT molecular complexity index is 742. The van der Waals surface area contributed by atoms with Crippen LogP contribution < -0.4 is 5.73 Å². The summed E-state index contributed by atoms with van der Waals surface area (Å²) < 4.78 is 0. The molecule has 120 valence electrons. The van der Waals surface area contributed by atoms with Gasteiger partial charge in [-0.2, -0.15) is 5.26 Å². The standard InChI is InChI=1S/C20H18N2O2/c21-13-20(19(22)24)17(14-7-3-1-4-8-14)11-16(23)12-18(20)15-9-5-2-6-10-15/h1-10,17-18H,11-12H2,(H2,22,24). The van der Waals surface area contributed by atoms with Gasteiger partial charge in [0, 0.05) is 24.7 Å². The molecule has 2 unspecified atom stereocenters. The number of benzene rings is 2. The predicted molar refractivity (Wildman–Crippen MR) is 89.8 cm³/mol. The van der Waals surface area contributed by atoms with Crippen LogP contribution in [0.1, 0.15) is 35.8 Å². The molecule has 0 bridgehead atoms. The molecule has 0 heterocycles. The fourth-order valence-corrected chi connectivity index (χ4v) is 3.79. The molecule has 1 aliphatic carbocycles. The molecule has 4 nitrogen and oxygen atoms in total. The Morgan fingerprint density at radius 3 is 1.71 bits per heavy atom. The largest absolute Gasteiger partial charge is 0.368 e. The summed E-state index contributed by atoms with van der Waals surface area (Å²) in [5.74, 6) is -1.69. The number of nitrogens with two attached hydrogens (primary N) is 1. The van der Waals surface area contributed by atoms with Crippen molar-refractivity contribution in [3.8, 4) is 6.07 Å². The molecule has 0 aliphatic heterocycles. The molecule has 0 radical (unpaired) electrons. The van der Waals surface area contributed by atoms with Crippen LogP contribution in [-0.4, -0.2) is 11.7 Å². The highest BCUT2D eigenvalue weighted by molar-refractivity contribution is 5.92. The molecular formula is C20H18N2O2. The Labute approximate surface area is 140 Å². The van der Waals surface area contributed by atoms with Crippen molar-refractivity contribution >= 4 is 11.7 Å². The van der Waals surface area contributed by atoms with Crippen molar-refractivity contribution in [3.63, 3.8) is 0 Å². The molecule has 2 aromatic carbocycles. The minimum atomic E-state index is -1.43. The minimum absolute atomic E-state index is 0.0461. The molecule has 3 rings (SSSR count). The van der Waals surface area contributed by atoms with E-state index in [2.05, 4.69) is 6.07 Å². The lowest BCUT2D eigenvalue weighted by Crippen LogP contribution is -2.49. The number of primary amides is 1. The zero-order chi connectivity index (χ0) is 17.2. The number of ketones is 1. The Hall–Kier alpha value is -2.93. The summed E-state index contributed by atoms with van der Waals surface area (Å²) >= 11 is 0. The Kier molecular flexibility index (Phi) is 4.18. The van der Waals surface area contributed by atoms with Gasteiger partial charge in [0.15, 0.2) is 0 Å². The number of hydrogen-bond donors (Lipinski definition) is 1. The average molecular weight is 318 g/mol. The first-order chi connectivity index (χ1) is 11.6. The first-order valence-electron chi connectivity index (χ1n) is 7.92. The van der Waals surface area contributed by atoms with E-state index >= 15 is 0 Å². The number of nitriles is 1. The van der Waals surface area contributed by atoms with Crippen LogP contribution in [0.4, 0.5) is 0 Å². The highest BCUT2D eigenvalue weighted by Gasteiger charge is 2.56. The number of carbonyl (C=O) groups excluding carboxylic acids is 2. The molecule has 1 fully saturated rings. The predicted octanol–water partition coefficient (Wildman–Crippen LogP) is 2.91. The van der Waals surface area contributed by atoms with Gasteiger partial charge in [-0.3, -0.25) is 9.59 Å². The number of rotatable bonds is 3. The van der Waals surface area contributed by atoms with E-state index in [1.165, 1.54) is 0 Å². The van der Waals surface area contributed by atoms with E-state index in [-0.39, 0.29) is 18.6 Å². The highest BCUT2D eigenvalue weighted by atomic mass is 16.1. The topological polar surface area (TPSA) is 83.9 Å². The third-order valence-electron chi connectivity index (χ3n) is 4.96. The molecule has 1 amide bonds. The second-order valence-corrected chi connectivity index (χ2v) is 6.22. The zero-order valence-electron chi connectivity index (χ0n) is 13.2. The van der Waals surface area contributed by atoms with Crippen LogP contribution in [-0.2, 0) is 9.59 Å². The zero-order valence-corrected chi connectivity index (χ0v) is 13.2. The number of nitrogens with zero attached hydrogens (tertiary/aromatic N) is 1. The summed E-state index contributed by atoms with van der Waals surface area (Å²) in [6.45, 7) is 0. The second kappa shape index (κ2) is 6.29. The Balaban J connectivity index is 2.20. The quantitative estimate of drug-likeness (QED) is 0.944. The van der Waals surface area contributed by atoms with Crippen molar-refractivity contribution in [2.75, 3.05) is 0 Å². The summed E-state index contributed by atoms with van der Waals surface area (Å²) in [5, 5.41) is 10.00. The second-order valence-electron chi connectivity index (χ2n) is 6.22. The molecule has 24 heavy (non-hydrogen) atoms. The van der Waals surface area contributed by atoms with E-state index in [0.717, 1.165) is 11.1 Å². The normalized spacial score (nSPS) is 26.5. The molecule has 0 saturated heterocycles. The first kappa shape index (κ1) is 15.9. The van der Waals surface area contributed by atoms with Crippen molar-refractivity contribution in [2.45, 2.75) is 24.7 Å². The van der Waals surface area contributed by atoms with Crippen molar-refractivity contribution < 1.29 is 9.59 Å². The molecule has 2 atom stereocenters. The Morgan fingerprint density at radius 2 is 1.38 bits per heavy atom. The maximum atomic E-state index is 12.5. The Morgan fingerprint density at radius 1 is 0.958 bits per heavy atom. The average Bonchev–Trinajstić information content (AvgIpc) is 2.62. The van der Waals surface area contributed by atoms with Crippen LogP contribution in [0.2, 0.25) is 0 Å². The van der Waals surface area contributed by atoms with Gasteiger partial charge in [-0.25, -0.2) is 0 Å². The highest BCUT2D eigenvalue weighted by Crippen LogP contribution is 2.53. The molecule has 1 saturated carbocycles. The fraction of sp³-hybridized carbons (Fsp3) is 0.250. The van der Waals surface area contributed by atoms with Crippen LogP contribution in [0, 0.1) is 16.7 Å². The van der Waals surface area contributed by atoms with Crippen LogP contribution >= 0.6 is 0 Å². The van der Waals surface area contributed by atoms with E-state index in [1.807, 2.05) is 60.7 Å². The first-order valence-corrected chi connectivity index (χ1v) is 7.92. The summed E-state index contributed by atoms with van der Waals surface area (Å²) in [7, 11) is 0. The van der Waals surface area contributed by atoms with E-state index in [9.17, 15) is 14.9 Å². The SMILES string of the molecule is N#CC1(C(N)=O)C(c2ccccc2)CC(=O)CC1c1ccccc1. The van der Waals surface area contributed by atoms with Gasteiger partial charge >= 0.3 is 0 Å². The maximum Gasteiger partial charge on any atom is 0.239 e. The monoisotopic (exact) mass is 318 g/mol. The summed E-state index contributed by atoms with van der Waals surface area (Å²) in [4.78, 5) is 24.9. The molecule has 0 spiro atoms. The number of amides is 1. The molecule has 1 aliphatic rings. The third-order valence-corrected chi connectivity index (χ3v) is 4.96. The van der Waals surface area contributed by atoms with Crippen molar-refractivity contribution in [3.05, 3.63) is 71.8 Å². The minimum Gasteiger partial charge on any atom is -0.368 e. The third kappa shape index (κ3) is 2.48. The van der Waals surface area contributed by atoms with E-state index < -0.39 is 23.2 Å². The maximum absolute atomic E-state index is 12.5. The summed E-state index contributed by atoms with van der Waals surface area (Å²) in [6.07, 6.45) is 0.313. The van der Waals surface area contributed by atoms with Gasteiger partial charge in [-0.05, 0) is 11.1 Å². The lowest BCUT2D eigenvalue weighted by Gasteiger charge is -2.42. The van der Waals surface area contributed by atoms with Gasteiger partial charge in [-0.1, -0.05) is 60.7 Å². The van der Waals surface area contributed by atoms with Crippen molar-refractivity contribution in [2.24, 2.45) is 11.1 Å². The summed E-state index contributed by atoms with van der Waals surface area (Å²) in [6, 6.07) is 20.7. The van der Waals surface area contributed by atoms with Gasteiger partial charge < -0.3 is 5.73 Å². The lowest BCUT2D eigenvalue weighted by molar-refractivity contribution is -0.132. The summed E-state index contributed by atoms with van der Waals surface area (Å²) in [5.41, 5.74) is 5.90. The molecule has 2 N–H and O–H groups in total. The molecule has 4 heteroatoms. The van der Waals surface area contributed by atoms with Crippen molar-refractivity contribution in [1.29, 1.82) is 5.26 Å². The van der Waals surface area contributed by atoms with Gasteiger partial charge in [0.1, 0.15) is 11.2 Å². The van der Waals surface area contributed by atoms with Crippen molar-refractivity contribution in [1.82, 2.24) is 0 Å². The lowest BCUT2D eigenvalue weighted by atomic mass is 9.56. The van der Waals surface area contributed by atoms with E-state index in [1.54, 1.807) is 0 Å². The van der Waals surface area contributed by atoms with Crippen LogP contribution in [0.3, 0.4) is 0 Å². The van der Waals surface area contributed by atoms with Gasteiger partial charge in [0.2, 0.25) is 5.91 Å². The fourth-order valence-electron chi connectivity index (χ4n) is 3.79. The smallest absolute Gasteiger partial charge is 0.239 e. The van der Waals surface area contributed by atoms with Crippen LogP contribution in [0.25, 0.3) is 0 Å². The van der Waals surface area contributed by atoms with Gasteiger partial charge in [0.05, 0.1) is 6.07 Å². The molecule has 0 aromatic heterocycles. The van der Waals surface area contributed by atoms with Gasteiger partial charge in [-0.15, -0.1) is 0 Å². The molecule has 2 aromatic rings. The van der Waals surface area contributed by atoms with E-state index in [4.69, 9.17) is 5.73 Å². The number of Topliss-reactive ketones (excluding diaryl/α,β-unsaturated/α-hetero) is 1. The number of hydrogen-bond acceptors (Lipinski definition) is 3. The van der Waals surface area contributed by atoms with E-state index in [0.29, 0.717) is 0 Å². The van der Waals surface area contributed by atoms with Crippen LogP contribution in [0.5, 0.6) is 0 Å². The van der Waals surface area contributed by atoms with Gasteiger partial charge in [0.25, 0.3) is 0 Å². The molecular weight excluding hydrogens is 300 g/mol.